The van der Waals surface area contributed by atoms with Crippen LogP contribution in [0, 0.1) is 11.3 Å². The van der Waals surface area contributed by atoms with Gasteiger partial charge in [0.05, 0.1) is 11.9 Å². The molecule has 0 radical (unpaired) electrons. The Labute approximate surface area is 95.3 Å². The molecule has 0 aliphatic rings. The average molecular weight is 231 g/mol. The van der Waals surface area contributed by atoms with Crippen LogP contribution in [0.5, 0.6) is 0 Å². The molecular formula is C10H12Cl2N2. The highest BCUT2D eigenvalue weighted by molar-refractivity contribution is 6.18. The lowest BCUT2D eigenvalue weighted by molar-refractivity contribution is 0.646. The Morgan fingerprint density at radius 3 is 2.50 bits per heavy atom. The molecule has 1 aromatic rings. The van der Waals surface area contributed by atoms with Gasteiger partial charge >= 0.3 is 0 Å². The van der Waals surface area contributed by atoms with Crippen molar-refractivity contribution in [3.8, 4) is 6.07 Å². The topological polar surface area (TPSA) is 35.8 Å². The molecule has 0 bridgehead atoms. The highest BCUT2D eigenvalue weighted by atomic mass is 35.5. The summed E-state index contributed by atoms with van der Waals surface area (Å²) in [5, 5.41) is 11.6. The number of nitrogens with one attached hydrogen (secondary N) is 1. The third-order valence-electron chi connectivity index (χ3n) is 1.71. The molecule has 1 rings (SSSR count). The van der Waals surface area contributed by atoms with Crippen LogP contribution in [0.4, 0.5) is 0 Å². The van der Waals surface area contributed by atoms with Gasteiger partial charge in [-0.2, -0.15) is 5.26 Å². The van der Waals surface area contributed by atoms with E-state index < -0.39 is 0 Å². The number of alkyl halides is 1. The second kappa shape index (κ2) is 7.64. The number of nitriles is 1. The van der Waals surface area contributed by atoms with Crippen molar-refractivity contribution in [1.29, 1.82) is 5.26 Å². The van der Waals surface area contributed by atoms with E-state index in [-0.39, 0.29) is 18.4 Å². The first-order chi connectivity index (χ1) is 6.36. The van der Waals surface area contributed by atoms with Crippen LogP contribution in [0.3, 0.4) is 0 Å². The average Bonchev–Trinajstić information content (AvgIpc) is 2.21. The summed E-state index contributed by atoms with van der Waals surface area (Å²) in [5.41, 5.74) is 1.16. The molecule has 0 saturated heterocycles. The summed E-state index contributed by atoms with van der Waals surface area (Å²) in [6.45, 7) is 0.686. The Kier molecular flexibility index (Phi) is 7.23. The second-order valence-electron chi connectivity index (χ2n) is 2.70. The summed E-state index contributed by atoms with van der Waals surface area (Å²) >= 11 is 5.55. The number of halogens is 2. The van der Waals surface area contributed by atoms with Gasteiger partial charge in [0.2, 0.25) is 0 Å². The van der Waals surface area contributed by atoms with Gasteiger partial charge in [0.15, 0.2) is 0 Å². The molecule has 1 aromatic carbocycles. The number of hydrogen-bond acceptors (Lipinski definition) is 2. The van der Waals surface area contributed by atoms with Crippen molar-refractivity contribution in [2.24, 2.45) is 0 Å². The van der Waals surface area contributed by atoms with Crippen LogP contribution in [0.15, 0.2) is 30.3 Å². The van der Waals surface area contributed by atoms with Crippen LogP contribution in [0.2, 0.25) is 0 Å². The van der Waals surface area contributed by atoms with Crippen molar-refractivity contribution in [3.63, 3.8) is 0 Å². The van der Waals surface area contributed by atoms with E-state index in [1.807, 2.05) is 30.3 Å². The third kappa shape index (κ3) is 4.48. The predicted octanol–water partition coefficient (Wildman–Crippen LogP) is 2.33. The van der Waals surface area contributed by atoms with Crippen LogP contribution in [-0.2, 0) is 6.54 Å². The maximum Gasteiger partial charge on any atom is 0.109 e. The minimum Gasteiger partial charge on any atom is -0.297 e. The molecule has 1 unspecified atom stereocenters. The number of hydrogen-bond donors (Lipinski definition) is 1. The predicted molar refractivity (Wildman–Crippen MR) is 60.7 cm³/mol. The summed E-state index contributed by atoms with van der Waals surface area (Å²) in [7, 11) is 0. The molecule has 1 atom stereocenters. The van der Waals surface area contributed by atoms with E-state index in [1.54, 1.807) is 0 Å². The van der Waals surface area contributed by atoms with Crippen LogP contribution >= 0.6 is 24.0 Å². The third-order valence-corrected chi connectivity index (χ3v) is 2.01. The first-order valence-corrected chi connectivity index (χ1v) is 4.63. The molecule has 0 aliphatic heterocycles. The van der Waals surface area contributed by atoms with Crippen molar-refractivity contribution < 1.29 is 0 Å². The van der Waals surface area contributed by atoms with Crippen LogP contribution < -0.4 is 5.32 Å². The van der Waals surface area contributed by atoms with Crippen molar-refractivity contribution >= 4 is 24.0 Å². The first kappa shape index (κ1) is 13.2. The maximum absolute atomic E-state index is 8.61. The molecule has 14 heavy (non-hydrogen) atoms. The van der Waals surface area contributed by atoms with Crippen molar-refractivity contribution in [3.05, 3.63) is 35.9 Å². The Morgan fingerprint density at radius 2 is 2.00 bits per heavy atom. The summed E-state index contributed by atoms with van der Waals surface area (Å²) in [4.78, 5) is 0. The molecule has 0 spiro atoms. The number of nitrogens with zero attached hydrogens (tertiary/aromatic N) is 1. The Morgan fingerprint density at radius 1 is 1.36 bits per heavy atom. The highest BCUT2D eigenvalue weighted by Crippen LogP contribution is 1.98. The van der Waals surface area contributed by atoms with E-state index >= 15 is 0 Å². The van der Waals surface area contributed by atoms with Gasteiger partial charge in [-0.25, -0.2) is 0 Å². The van der Waals surface area contributed by atoms with Crippen molar-refractivity contribution in [2.45, 2.75) is 12.6 Å². The molecule has 1 N–H and O–H groups in total. The summed E-state index contributed by atoms with van der Waals surface area (Å²) in [6, 6.07) is 11.7. The van der Waals surface area contributed by atoms with Crippen molar-refractivity contribution in [2.75, 3.05) is 5.88 Å². The maximum atomic E-state index is 8.61. The number of benzene rings is 1. The van der Waals surface area contributed by atoms with Gasteiger partial charge in [-0.05, 0) is 5.56 Å². The van der Waals surface area contributed by atoms with Gasteiger partial charge < -0.3 is 0 Å². The zero-order valence-corrected chi connectivity index (χ0v) is 9.18. The molecule has 0 aliphatic carbocycles. The lowest BCUT2D eigenvalue weighted by Crippen LogP contribution is -2.28. The molecule has 0 saturated carbocycles. The molecule has 2 nitrogen and oxygen atoms in total. The first-order valence-electron chi connectivity index (χ1n) is 4.09. The van der Waals surface area contributed by atoms with E-state index in [4.69, 9.17) is 16.9 Å². The molecule has 0 aromatic heterocycles. The Hall–Kier alpha value is -0.750. The van der Waals surface area contributed by atoms with Gasteiger partial charge in [-0.3, -0.25) is 5.32 Å². The standard InChI is InChI=1S/C10H11ClN2.ClH/c11-6-10(7-12)13-8-9-4-2-1-3-5-9;/h1-5,10,13H,6,8H2;1H. The number of rotatable bonds is 4. The molecule has 0 amide bonds. The quantitative estimate of drug-likeness (QED) is 0.807. The normalized spacial score (nSPS) is 11.1. The Bertz CT molecular complexity index is 282. The summed E-state index contributed by atoms with van der Waals surface area (Å²) in [6.07, 6.45) is 0. The molecule has 0 heterocycles. The monoisotopic (exact) mass is 230 g/mol. The van der Waals surface area contributed by atoms with E-state index in [0.29, 0.717) is 12.4 Å². The minimum absolute atomic E-state index is 0. The molecule has 0 fully saturated rings. The summed E-state index contributed by atoms with van der Waals surface area (Å²) < 4.78 is 0. The molecule has 4 heteroatoms. The van der Waals surface area contributed by atoms with Gasteiger partial charge in [-0.1, -0.05) is 30.3 Å². The Balaban J connectivity index is 0.00000169. The lowest BCUT2D eigenvalue weighted by Gasteiger charge is -2.07. The molecule has 76 valence electrons. The lowest BCUT2D eigenvalue weighted by atomic mass is 10.2. The SMILES string of the molecule is Cl.N#CC(CCl)NCc1ccccc1. The summed E-state index contributed by atoms with van der Waals surface area (Å²) in [5.74, 6) is 0.323. The zero-order chi connectivity index (χ0) is 9.52. The van der Waals surface area contributed by atoms with E-state index in [1.165, 1.54) is 0 Å². The smallest absolute Gasteiger partial charge is 0.109 e. The van der Waals surface area contributed by atoms with Crippen LogP contribution in [0.1, 0.15) is 5.56 Å². The van der Waals surface area contributed by atoms with Gasteiger partial charge in [0.1, 0.15) is 6.04 Å². The van der Waals surface area contributed by atoms with Crippen LogP contribution in [0.25, 0.3) is 0 Å². The molecular weight excluding hydrogens is 219 g/mol. The fourth-order valence-corrected chi connectivity index (χ4v) is 1.15. The largest absolute Gasteiger partial charge is 0.297 e. The zero-order valence-electron chi connectivity index (χ0n) is 7.61. The second-order valence-corrected chi connectivity index (χ2v) is 3.01. The van der Waals surface area contributed by atoms with Gasteiger partial charge in [0.25, 0.3) is 0 Å². The van der Waals surface area contributed by atoms with E-state index in [0.717, 1.165) is 5.56 Å². The van der Waals surface area contributed by atoms with Crippen LogP contribution in [-0.4, -0.2) is 11.9 Å². The van der Waals surface area contributed by atoms with E-state index in [9.17, 15) is 0 Å². The van der Waals surface area contributed by atoms with E-state index in [2.05, 4.69) is 11.4 Å². The minimum atomic E-state index is -0.262. The fraction of sp³-hybridized carbons (Fsp3) is 0.300. The van der Waals surface area contributed by atoms with Gasteiger partial charge in [-0.15, -0.1) is 24.0 Å². The highest BCUT2D eigenvalue weighted by Gasteiger charge is 2.02. The van der Waals surface area contributed by atoms with Gasteiger partial charge in [0, 0.05) is 6.54 Å². The fourth-order valence-electron chi connectivity index (χ4n) is 0.972. The van der Waals surface area contributed by atoms with Crippen molar-refractivity contribution in [1.82, 2.24) is 5.32 Å².